The molecule has 0 amide bonds. The molecule has 1 heterocycles. The molecule has 140 valence electrons. The molecule has 2 N–H and O–H groups in total. The lowest BCUT2D eigenvalue weighted by Crippen LogP contribution is -2.14. The lowest BCUT2D eigenvalue weighted by atomic mass is 9.94. The van der Waals surface area contributed by atoms with Gasteiger partial charge in [0.15, 0.2) is 5.82 Å². The fourth-order valence-corrected chi connectivity index (χ4v) is 3.21. The summed E-state index contributed by atoms with van der Waals surface area (Å²) in [6.07, 6.45) is 1.44. The van der Waals surface area contributed by atoms with Gasteiger partial charge in [0.1, 0.15) is 13.6 Å². The number of phenols is 1. The topological polar surface area (TPSA) is 114 Å². The van der Waals surface area contributed by atoms with Crippen molar-refractivity contribution >= 4 is 41.1 Å². The monoisotopic (exact) mass is 394 g/mol. The summed E-state index contributed by atoms with van der Waals surface area (Å²) < 4.78 is 32.1. The number of aromatic hydroxyl groups is 1. The maximum Gasteiger partial charge on any atom is 0.263 e. The van der Waals surface area contributed by atoms with Crippen molar-refractivity contribution in [3.05, 3.63) is 60.2 Å². The van der Waals surface area contributed by atoms with E-state index < -0.39 is 10.0 Å². The molecule has 8 nitrogen and oxygen atoms in total. The average Bonchev–Trinajstić information content (AvgIpc) is 2.69. The molecule has 2 aromatic carbocycles. The van der Waals surface area contributed by atoms with E-state index in [9.17, 15) is 13.5 Å². The highest BCUT2D eigenvalue weighted by atomic mass is 32.2. The largest absolute Gasteiger partial charge is 0.507 e. The Morgan fingerprint density at radius 1 is 1.11 bits per heavy atom. The summed E-state index contributed by atoms with van der Waals surface area (Å²) in [7, 11) is 3.29. The van der Waals surface area contributed by atoms with Crippen LogP contribution < -0.4 is 14.9 Å². The third-order valence-electron chi connectivity index (χ3n) is 3.64. The molecule has 10 heteroatoms. The number of benzene rings is 2. The quantitative estimate of drug-likeness (QED) is 0.484. The molecule has 2 radical (unpaired) electrons. The van der Waals surface area contributed by atoms with Gasteiger partial charge in [0.2, 0.25) is 5.88 Å². The van der Waals surface area contributed by atoms with Crippen LogP contribution in [0.3, 0.4) is 0 Å². The summed E-state index contributed by atoms with van der Waals surface area (Å²) in [4.78, 5) is 4.25. The zero-order valence-corrected chi connectivity index (χ0v) is 15.6. The zero-order valence-electron chi connectivity index (χ0n) is 14.8. The summed E-state index contributed by atoms with van der Waals surface area (Å²) in [6.45, 7) is 0. The number of rotatable bonds is 6. The first kappa shape index (κ1) is 19.4. The molecule has 0 spiro atoms. The number of hydrogen-bond acceptors (Lipinski definition) is 7. The minimum absolute atomic E-state index is 0.0378. The van der Waals surface area contributed by atoms with Gasteiger partial charge in [-0.15, -0.1) is 10.2 Å². The van der Waals surface area contributed by atoms with Crippen LogP contribution in [0.1, 0.15) is 5.56 Å². The average molecular weight is 394 g/mol. The fourth-order valence-electron chi connectivity index (χ4n) is 2.21. The number of anilines is 1. The second-order valence-electron chi connectivity index (χ2n) is 5.64. The van der Waals surface area contributed by atoms with E-state index in [0.717, 1.165) is 0 Å². The molecule has 0 bridgehead atoms. The highest BCUT2D eigenvalue weighted by Gasteiger charge is 2.15. The molecule has 0 aliphatic rings. The molecule has 0 atom stereocenters. The Bertz CT molecular complexity index is 1100. The second kappa shape index (κ2) is 8.09. The van der Waals surface area contributed by atoms with Gasteiger partial charge in [0, 0.05) is 17.8 Å². The van der Waals surface area contributed by atoms with Crippen LogP contribution in [0.2, 0.25) is 0 Å². The van der Waals surface area contributed by atoms with Crippen LogP contribution in [0.25, 0.3) is 0 Å². The minimum Gasteiger partial charge on any atom is -0.507 e. The number of sulfonamides is 1. The maximum absolute atomic E-state index is 12.4. The van der Waals surface area contributed by atoms with Crippen molar-refractivity contribution in [2.24, 2.45) is 4.99 Å². The van der Waals surface area contributed by atoms with Crippen molar-refractivity contribution in [3.63, 3.8) is 0 Å². The van der Waals surface area contributed by atoms with Crippen LogP contribution in [0.15, 0.2) is 64.5 Å². The Hall–Kier alpha value is -3.40. The number of hydrogen-bond donors (Lipinski definition) is 2. The van der Waals surface area contributed by atoms with Crippen molar-refractivity contribution in [2.75, 3.05) is 11.8 Å². The summed E-state index contributed by atoms with van der Waals surface area (Å²) in [5.74, 6) is 0.387. The SMILES string of the molecule is [B]c1ccc(O)c(C=Nc2ccc(S(=O)(=O)Nc3ccc(OC)nn3)cc2)c1. The van der Waals surface area contributed by atoms with Crippen LogP contribution in [0.5, 0.6) is 11.6 Å². The van der Waals surface area contributed by atoms with Gasteiger partial charge in [-0.05, 0) is 36.4 Å². The molecular weight excluding hydrogens is 379 g/mol. The number of aromatic nitrogens is 2. The van der Waals surface area contributed by atoms with E-state index in [4.69, 9.17) is 12.6 Å². The molecular formula is C18H15BN4O4S. The molecule has 0 saturated heterocycles. The fraction of sp³-hybridized carbons (Fsp3) is 0.0556. The molecule has 28 heavy (non-hydrogen) atoms. The van der Waals surface area contributed by atoms with E-state index in [0.29, 0.717) is 16.7 Å². The van der Waals surface area contributed by atoms with Crippen molar-refractivity contribution in [1.29, 1.82) is 0 Å². The van der Waals surface area contributed by atoms with E-state index in [1.54, 1.807) is 12.1 Å². The third kappa shape index (κ3) is 4.66. The van der Waals surface area contributed by atoms with Gasteiger partial charge in [-0.3, -0.25) is 9.71 Å². The van der Waals surface area contributed by atoms with Gasteiger partial charge in [0.05, 0.1) is 17.7 Å². The lowest BCUT2D eigenvalue weighted by molar-refractivity contribution is 0.392. The predicted octanol–water partition coefficient (Wildman–Crippen LogP) is 1.54. The smallest absolute Gasteiger partial charge is 0.263 e. The number of nitrogens with one attached hydrogen (secondary N) is 1. The van der Waals surface area contributed by atoms with E-state index >= 15 is 0 Å². The third-order valence-corrected chi connectivity index (χ3v) is 5.01. The van der Waals surface area contributed by atoms with Crippen molar-refractivity contribution in [2.45, 2.75) is 4.90 Å². The number of ether oxygens (including phenoxy) is 1. The number of phenolic OH excluding ortho intramolecular Hbond substituents is 1. The van der Waals surface area contributed by atoms with E-state index in [1.165, 1.54) is 55.8 Å². The summed E-state index contributed by atoms with van der Waals surface area (Å²) in [5.41, 5.74) is 1.45. The molecule has 0 unspecified atom stereocenters. The Morgan fingerprint density at radius 2 is 1.86 bits per heavy atom. The van der Waals surface area contributed by atoms with E-state index in [-0.39, 0.29) is 22.3 Å². The Morgan fingerprint density at radius 3 is 2.50 bits per heavy atom. The van der Waals surface area contributed by atoms with Gasteiger partial charge in [-0.1, -0.05) is 17.6 Å². The molecule has 3 rings (SSSR count). The Labute approximate surface area is 163 Å². The standard InChI is InChI=1S/C18H15BN4O4S/c1-27-18-9-8-17(21-22-18)23-28(25,26)15-5-3-14(4-6-15)20-11-12-10-13(19)2-7-16(12)24/h2-11,24H,1H3,(H,21,23). The van der Waals surface area contributed by atoms with Gasteiger partial charge < -0.3 is 9.84 Å². The first-order valence-corrected chi connectivity index (χ1v) is 9.49. The summed E-state index contributed by atoms with van der Waals surface area (Å²) >= 11 is 0. The number of aliphatic imine (C=N–C) groups is 1. The van der Waals surface area contributed by atoms with Crippen LogP contribution in [0, 0.1) is 0 Å². The minimum atomic E-state index is -3.83. The van der Waals surface area contributed by atoms with Gasteiger partial charge >= 0.3 is 0 Å². The molecule has 0 saturated carbocycles. The van der Waals surface area contributed by atoms with Gasteiger partial charge in [-0.25, -0.2) is 8.42 Å². The van der Waals surface area contributed by atoms with E-state index in [2.05, 4.69) is 19.9 Å². The van der Waals surface area contributed by atoms with Crippen molar-refractivity contribution < 1.29 is 18.3 Å². The normalized spacial score (nSPS) is 11.5. The van der Waals surface area contributed by atoms with Crippen molar-refractivity contribution in [1.82, 2.24) is 10.2 Å². The predicted molar refractivity (Wildman–Crippen MR) is 107 cm³/mol. The Balaban J connectivity index is 1.75. The van der Waals surface area contributed by atoms with Crippen LogP contribution >= 0.6 is 0 Å². The maximum atomic E-state index is 12.4. The zero-order chi connectivity index (χ0) is 20.1. The highest BCUT2D eigenvalue weighted by molar-refractivity contribution is 7.92. The molecule has 1 aromatic heterocycles. The summed E-state index contributed by atoms with van der Waals surface area (Å²) in [6, 6.07) is 13.5. The number of nitrogens with zero attached hydrogens (tertiary/aromatic N) is 3. The first-order valence-electron chi connectivity index (χ1n) is 8.00. The Kier molecular flexibility index (Phi) is 5.60. The summed E-state index contributed by atoms with van der Waals surface area (Å²) in [5, 5.41) is 17.2. The lowest BCUT2D eigenvalue weighted by Gasteiger charge is -2.07. The second-order valence-corrected chi connectivity index (χ2v) is 7.32. The molecule has 3 aromatic rings. The number of methoxy groups -OCH3 is 1. The van der Waals surface area contributed by atoms with Crippen LogP contribution in [-0.2, 0) is 10.0 Å². The van der Waals surface area contributed by atoms with Gasteiger partial charge in [-0.2, -0.15) is 0 Å². The first-order chi connectivity index (χ1) is 13.4. The highest BCUT2D eigenvalue weighted by Crippen LogP contribution is 2.20. The van der Waals surface area contributed by atoms with Crippen LogP contribution in [0.4, 0.5) is 11.5 Å². The van der Waals surface area contributed by atoms with E-state index in [1.807, 2.05) is 0 Å². The molecule has 0 aliphatic carbocycles. The molecule has 0 aliphatic heterocycles. The van der Waals surface area contributed by atoms with Crippen molar-refractivity contribution in [3.8, 4) is 11.6 Å². The van der Waals surface area contributed by atoms with Gasteiger partial charge in [0.25, 0.3) is 10.0 Å². The molecule has 0 fully saturated rings. The van der Waals surface area contributed by atoms with Crippen LogP contribution in [-0.4, -0.2) is 44.9 Å².